The minimum atomic E-state index is -0.572. The van der Waals surface area contributed by atoms with Gasteiger partial charge in [0.15, 0.2) is 0 Å². The molecular weight excluding hydrogens is 274 g/mol. The molecule has 4 saturated carbocycles. The molecule has 4 aliphatic rings. The molecular formula is C19H25NO2. The molecule has 0 aliphatic heterocycles. The number of rotatable bonds is 3. The van der Waals surface area contributed by atoms with Crippen LogP contribution in [0.4, 0.5) is 0 Å². The average Bonchev–Trinajstić information content (AvgIpc) is 2.45. The fourth-order valence-corrected chi connectivity index (χ4v) is 5.65. The van der Waals surface area contributed by atoms with Crippen LogP contribution in [-0.4, -0.2) is 16.6 Å². The van der Waals surface area contributed by atoms with E-state index in [0.29, 0.717) is 18.3 Å². The van der Waals surface area contributed by atoms with E-state index in [4.69, 9.17) is 0 Å². The predicted molar refractivity (Wildman–Crippen MR) is 85.1 cm³/mol. The highest BCUT2D eigenvalue weighted by Gasteiger charge is 2.60. The highest BCUT2D eigenvalue weighted by atomic mass is 16.3. The van der Waals surface area contributed by atoms with E-state index in [1.54, 1.807) is 0 Å². The molecule has 0 radical (unpaired) electrons. The van der Waals surface area contributed by atoms with E-state index in [0.717, 1.165) is 31.2 Å². The van der Waals surface area contributed by atoms with E-state index >= 15 is 0 Å². The fraction of sp³-hybridized carbons (Fsp3) is 0.632. The first-order valence-corrected chi connectivity index (χ1v) is 8.56. The number of hydrogen-bond acceptors (Lipinski definition) is 2. The van der Waals surface area contributed by atoms with Crippen molar-refractivity contribution >= 4 is 5.91 Å². The minimum Gasteiger partial charge on any atom is -0.390 e. The van der Waals surface area contributed by atoms with Gasteiger partial charge in [-0.3, -0.25) is 4.79 Å². The number of hydrogen-bond donors (Lipinski definition) is 2. The summed E-state index contributed by atoms with van der Waals surface area (Å²) in [6.45, 7) is 2.04. The Labute approximate surface area is 132 Å². The van der Waals surface area contributed by atoms with Crippen LogP contribution in [0, 0.1) is 17.3 Å². The topological polar surface area (TPSA) is 49.3 Å². The van der Waals surface area contributed by atoms with Crippen LogP contribution in [-0.2, 0) is 4.79 Å². The standard InChI is InChI=1S/C19H25NO2/c1-13(16-5-3-2-4-6-16)20-17(21)18-8-14-7-15(9-18)11-19(22,10-14)12-18/h2-6,13-15,22H,7-12H2,1H3,(H,20,21)/t13-,14-,15+,18?,19?/m0/s1. The summed E-state index contributed by atoms with van der Waals surface area (Å²) in [5, 5.41) is 14.0. The molecule has 22 heavy (non-hydrogen) atoms. The molecule has 1 aromatic carbocycles. The van der Waals surface area contributed by atoms with E-state index in [-0.39, 0.29) is 17.4 Å². The van der Waals surface area contributed by atoms with Crippen molar-refractivity contribution in [1.29, 1.82) is 0 Å². The van der Waals surface area contributed by atoms with Gasteiger partial charge in [0.2, 0.25) is 5.91 Å². The highest BCUT2D eigenvalue weighted by Crippen LogP contribution is 2.61. The van der Waals surface area contributed by atoms with Crippen LogP contribution >= 0.6 is 0 Å². The van der Waals surface area contributed by atoms with Gasteiger partial charge in [0.05, 0.1) is 17.1 Å². The van der Waals surface area contributed by atoms with Gasteiger partial charge in [-0.1, -0.05) is 30.3 Å². The van der Waals surface area contributed by atoms with Crippen LogP contribution in [0.5, 0.6) is 0 Å². The maximum absolute atomic E-state index is 13.0. The Hall–Kier alpha value is -1.35. The van der Waals surface area contributed by atoms with Crippen LogP contribution in [0.1, 0.15) is 57.1 Å². The smallest absolute Gasteiger partial charge is 0.226 e. The summed E-state index contributed by atoms with van der Waals surface area (Å²) in [7, 11) is 0. The molecule has 2 N–H and O–H groups in total. The molecule has 2 unspecified atom stereocenters. The quantitative estimate of drug-likeness (QED) is 0.900. The molecule has 0 heterocycles. The third-order valence-electron chi connectivity index (χ3n) is 6.16. The van der Waals surface area contributed by atoms with Gasteiger partial charge >= 0.3 is 0 Å². The second-order valence-electron chi connectivity index (χ2n) is 8.07. The summed E-state index contributed by atoms with van der Waals surface area (Å²) in [5.74, 6) is 1.25. The van der Waals surface area contributed by atoms with Gasteiger partial charge in [0, 0.05) is 0 Å². The van der Waals surface area contributed by atoms with Gasteiger partial charge < -0.3 is 10.4 Å². The molecule has 5 atom stereocenters. The molecule has 5 rings (SSSR count). The Morgan fingerprint density at radius 3 is 2.41 bits per heavy atom. The third kappa shape index (κ3) is 2.26. The van der Waals surface area contributed by atoms with Crippen LogP contribution in [0.15, 0.2) is 30.3 Å². The lowest BCUT2D eigenvalue weighted by Crippen LogP contribution is -2.60. The van der Waals surface area contributed by atoms with Crippen molar-refractivity contribution in [3.05, 3.63) is 35.9 Å². The zero-order valence-electron chi connectivity index (χ0n) is 13.2. The number of carbonyl (C=O) groups is 1. The van der Waals surface area contributed by atoms with Crippen molar-refractivity contribution in [2.75, 3.05) is 0 Å². The van der Waals surface area contributed by atoms with Crippen molar-refractivity contribution < 1.29 is 9.90 Å². The van der Waals surface area contributed by atoms with Crippen LogP contribution in [0.25, 0.3) is 0 Å². The van der Waals surface area contributed by atoms with Crippen molar-refractivity contribution in [3.8, 4) is 0 Å². The van der Waals surface area contributed by atoms with Crippen LogP contribution in [0.3, 0.4) is 0 Å². The number of nitrogens with one attached hydrogen (secondary N) is 1. The maximum Gasteiger partial charge on any atom is 0.226 e. The Kier molecular flexibility index (Phi) is 3.12. The van der Waals surface area contributed by atoms with Crippen LogP contribution < -0.4 is 5.32 Å². The van der Waals surface area contributed by atoms with E-state index in [9.17, 15) is 9.90 Å². The summed E-state index contributed by atoms with van der Waals surface area (Å²) >= 11 is 0. The normalized spacial score (nSPS) is 40.5. The van der Waals surface area contributed by atoms with Crippen molar-refractivity contribution in [1.82, 2.24) is 5.32 Å². The molecule has 0 aromatic heterocycles. The predicted octanol–water partition coefficient (Wildman–Crippen LogP) is 3.20. The average molecular weight is 299 g/mol. The Morgan fingerprint density at radius 1 is 1.18 bits per heavy atom. The number of benzene rings is 1. The summed E-state index contributed by atoms with van der Waals surface area (Å²) in [6, 6.07) is 10.1. The molecule has 1 amide bonds. The zero-order chi connectivity index (χ0) is 15.4. The molecule has 118 valence electrons. The van der Waals surface area contributed by atoms with Gasteiger partial charge in [-0.2, -0.15) is 0 Å². The Bertz CT molecular complexity index is 568. The summed E-state index contributed by atoms with van der Waals surface area (Å²) in [6.07, 6.45) is 5.64. The number of amides is 1. The summed E-state index contributed by atoms with van der Waals surface area (Å²) in [5.41, 5.74) is 0.249. The fourth-order valence-electron chi connectivity index (χ4n) is 5.65. The number of carbonyl (C=O) groups excluding carboxylic acids is 1. The van der Waals surface area contributed by atoms with Gasteiger partial charge in [-0.15, -0.1) is 0 Å². The molecule has 4 fully saturated rings. The van der Waals surface area contributed by atoms with Gasteiger partial charge in [-0.25, -0.2) is 0 Å². The molecule has 4 aliphatic carbocycles. The SMILES string of the molecule is C[C@H](NC(=O)C12C[C@@H]3C[C@@H](CC(O)(C3)C1)C2)c1ccccc1. The second kappa shape index (κ2) is 4.82. The van der Waals surface area contributed by atoms with Crippen molar-refractivity contribution in [2.45, 2.75) is 57.1 Å². The lowest BCUT2D eigenvalue weighted by Gasteiger charge is -2.59. The summed E-state index contributed by atoms with van der Waals surface area (Å²) in [4.78, 5) is 13.0. The Morgan fingerprint density at radius 2 is 1.82 bits per heavy atom. The van der Waals surface area contributed by atoms with E-state index in [1.807, 2.05) is 25.1 Å². The number of aliphatic hydroxyl groups is 1. The van der Waals surface area contributed by atoms with E-state index < -0.39 is 5.60 Å². The minimum absolute atomic E-state index is 0.0244. The van der Waals surface area contributed by atoms with E-state index in [2.05, 4.69) is 17.4 Å². The summed E-state index contributed by atoms with van der Waals surface area (Å²) < 4.78 is 0. The maximum atomic E-state index is 13.0. The first-order valence-electron chi connectivity index (χ1n) is 8.56. The first-order chi connectivity index (χ1) is 10.5. The third-order valence-corrected chi connectivity index (χ3v) is 6.16. The van der Waals surface area contributed by atoms with Crippen molar-refractivity contribution in [2.24, 2.45) is 17.3 Å². The Balaban J connectivity index is 1.53. The molecule has 4 bridgehead atoms. The second-order valence-corrected chi connectivity index (χ2v) is 8.07. The van der Waals surface area contributed by atoms with E-state index in [1.165, 1.54) is 6.42 Å². The molecule has 1 aromatic rings. The molecule has 0 saturated heterocycles. The molecule has 3 heteroatoms. The van der Waals surface area contributed by atoms with Crippen LogP contribution in [0.2, 0.25) is 0 Å². The lowest BCUT2D eigenvalue weighted by atomic mass is 9.47. The van der Waals surface area contributed by atoms with Gasteiger partial charge in [0.1, 0.15) is 0 Å². The highest BCUT2D eigenvalue weighted by molar-refractivity contribution is 5.83. The molecule has 3 nitrogen and oxygen atoms in total. The monoisotopic (exact) mass is 299 g/mol. The zero-order valence-corrected chi connectivity index (χ0v) is 13.2. The van der Waals surface area contributed by atoms with Gasteiger partial charge in [-0.05, 0) is 62.8 Å². The first kappa shape index (κ1) is 14.3. The van der Waals surface area contributed by atoms with Gasteiger partial charge in [0.25, 0.3) is 0 Å². The molecule has 0 spiro atoms. The largest absolute Gasteiger partial charge is 0.390 e. The lowest BCUT2D eigenvalue weighted by molar-refractivity contribution is -0.178. The van der Waals surface area contributed by atoms with Crippen molar-refractivity contribution in [3.63, 3.8) is 0 Å².